The van der Waals surface area contributed by atoms with Crippen molar-refractivity contribution < 1.29 is 17.9 Å². The number of rotatable bonds is 1. The van der Waals surface area contributed by atoms with Gasteiger partial charge in [0.15, 0.2) is 0 Å². The first kappa shape index (κ1) is 12.3. The monoisotopic (exact) mass is 429 g/mol. The normalized spacial score (nSPS) is 11.6. The van der Waals surface area contributed by atoms with Gasteiger partial charge in [0.1, 0.15) is 9.45 Å². The number of hydrogen-bond acceptors (Lipinski definition) is 2. The fourth-order valence-corrected chi connectivity index (χ4v) is 1.82. The molecule has 0 atom stereocenters. The van der Waals surface area contributed by atoms with E-state index in [4.69, 9.17) is 0 Å². The molecule has 2 nitrogen and oxygen atoms in total. The molecule has 0 aromatic carbocycles. The van der Waals surface area contributed by atoms with Gasteiger partial charge in [-0.25, -0.2) is 4.98 Å². The van der Waals surface area contributed by atoms with E-state index in [9.17, 15) is 13.2 Å². The number of alkyl halides is 3. The Morgan fingerprint density at radius 1 is 1.36 bits per heavy atom. The number of pyridine rings is 1. The average Bonchev–Trinajstić information content (AvgIpc) is 1.96. The second-order valence-electron chi connectivity index (χ2n) is 2.41. The summed E-state index contributed by atoms with van der Waals surface area (Å²) in [5.41, 5.74) is 0.495. The summed E-state index contributed by atoms with van der Waals surface area (Å²) in [7, 11) is 0. The van der Waals surface area contributed by atoms with Gasteiger partial charge in [0.25, 0.3) is 0 Å². The van der Waals surface area contributed by atoms with Crippen LogP contribution in [0.2, 0.25) is 0 Å². The first-order valence-electron chi connectivity index (χ1n) is 3.38. The molecule has 0 bridgehead atoms. The fourth-order valence-electron chi connectivity index (χ4n) is 0.790. The van der Waals surface area contributed by atoms with E-state index in [2.05, 4.69) is 9.72 Å². The van der Waals surface area contributed by atoms with Crippen LogP contribution in [-0.4, -0.2) is 11.3 Å². The Hall–Kier alpha value is 0.200. The van der Waals surface area contributed by atoms with E-state index in [1.807, 2.05) is 22.6 Å². The molecule has 78 valence electrons. The summed E-state index contributed by atoms with van der Waals surface area (Å²) in [5.74, 6) is -0.199. The van der Waals surface area contributed by atoms with E-state index >= 15 is 0 Å². The smallest absolute Gasteiger partial charge is 0.404 e. The Kier molecular flexibility index (Phi) is 3.83. The molecule has 0 radical (unpaired) electrons. The number of aromatic nitrogens is 1. The molecule has 0 amide bonds. The van der Waals surface area contributed by atoms with Gasteiger partial charge >= 0.3 is 6.36 Å². The van der Waals surface area contributed by atoms with E-state index in [1.54, 1.807) is 29.5 Å². The van der Waals surface area contributed by atoms with Crippen LogP contribution in [0.5, 0.6) is 5.75 Å². The molecule has 0 aliphatic heterocycles. The molecule has 1 aromatic heterocycles. The van der Waals surface area contributed by atoms with Crippen molar-refractivity contribution in [2.45, 2.75) is 13.3 Å². The molecule has 1 heterocycles. The predicted octanol–water partition coefficient (Wildman–Crippen LogP) is 3.50. The summed E-state index contributed by atoms with van der Waals surface area (Å²) in [6.45, 7) is 1.61. The predicted molar refractivity (Wildman–Crippen MR) is 61.1 cm³/mol. The van der Waals surface area contributed by atoms with Crippen LogP contribution in [0.15, 0.2) is 6.07 Å². The third-order valence-electron chi connectivity index (χ3n) is 1.24. The maximum atomic E-state index is 11.9. The molecule has 0 fully saturated rings. The van der Waals surface area contributed by atoms with Crippen LogP contribution in [0.25, 0.3) is 0 Å². The van der Waals surface area contributed by atoms with Gasteiger partial charge in [-0.1, -0.05) is 0 Å². The lowest BCUT2D eigenvalue weighted by Gasteiger charge is -2.11. The highest BCUT2D eigenvalue weighted by Gasteiger charge is 2.32. The summed E-state index contributed by atoms with van der Waals surface area (Å²) in [6, 6.07) is 1.26. The van der Waals surface area contributed by atoms with Gasteiger partial charge in [0.2, 0.25) is 0 Å². The molecule has 1 aromatic rings. The van der Waals surface area contributed by atoms with Crippen molar-refractivity contribution in [2.75, 3.05) is 0 Å². The minimum absolute atomic E-state index is 0.199. The molecule has 0 aliphatic carbocycles. The van der Waals surface area contributed by atoms with E-state index < -0.39 is 6.36 Å². The maximum absolute atomic E-state index is 11.9. The second-order valence-corrected chi connectivity index (χ2v) is 4.51. The van der Waals surface area contributed by atoms with Gasteiger partial charge in [-0.05, 0) is 52.1 Å². The summed E-state index contributed by atoms with van der Waals surface area (Å²) in [6.07, 6.45) is -4.66. The minimum atomic E-state index is -4.66. The highest BCUT2D eigenvalue weighted by atomic mass is 127. The summed E-state index contributed by atoms with van der Waals surface area (Å²) in [4.78, 5) is 4.00. The Labute approximate surface area is 106 Å². The number of halogens is 5. The molecule has 14 heavy (non-hydrogen) atoms. The molecule has 0 saturated carbocycles. The number of hydrogen-bond donors (Lipinski definition) is 0. The lowest BCUT2D eigenvalue weighted by molar-refractivity contribution is -0.275. The quantitative estimate of drug-likeness (QED) is 0.504. The zero-order valence-electron chi connectivity index (χ0n) is 6.82. The molecule has 0 spiro atoms. The van der Waals surface area contributed by atoms with E-state index in [1.165, 1.54) is 6.07 Å². The third-order valence-corrected chi connectivity index (χ3v) is 4.09. The summed E-state index contributed by atoms with van der Waals surface area (Å²) >= 11 is 3.63. The van der Waals surface area contributed by atoms with Crippen LogP contribution in [0, 0.1) is 14.2 Å². The first-order chi connectivity index (χ1) is 6.29. The fraction of sp³-hybridized carbons (Fsp3) is 0.286. The number of aryl methyl sites for hydroxylation is 1. The molecule has 7 heteroatoms. The highest BCUT2D eigenvalue weighted by molar-refractivity contribution is 14.1. The van der Waals surface area contributed by atoms with Crippen molar-refractivity contribution in [2.24, 2.45) is 0 Å². The standard InChI is InChI=1S/C7H4F3I2NO/c1-3-2-4(14-7(8,9)10)5(11)6(12)13-3/h2H,1H3. The van der Waals surface area contributed by atoms with Crippen molar-refractivity contribution in [1.82, 2.24) is 4.98 Å². The van der Waals surface area contributed by atoms with E-state index in [0.717, 1.165) is 0 Å². The van der Waals surface area contributed by atoms with Crippen LogP contribution < -0.4 is 4.74 Å². The Bertz CT molecular complexity index is 354. The average molecular weight is 429 g/mol. The maximum Gasteiger partial charge on any atom is 0.573 e. The van der Waals surface area contributed by atoms with Crippen molar-refractivity contribution >= 4 is 45.2 Å². The Morgan fingerprint density at radius 3 is 2.43 bits per heavy atom. The van der Waals surface area contributed by atoms with Gasteiger partial charge in [-0.3, -0.25) is 0 Å². The summed E-state index contributed by atoms with van der Waals surface area (Å²) < 4.78 is 40.5. The molecule has 0 aliphatic rings. The lowest BCUT2D eigenvalue weighted by Crippen LogP contribution is -2.18. The SMILES string of the molecule is Cc1cc(OC(F)(F)F)c(I)c(I)n1. The van der Waals surface area contributed by atoms with Gasteiger partial charge in [-0.2, -0.15) is 0 Å². The van der Waals surface area contributed by atoms with Gasteiger partial charge < -0.3 is 4.74 Å². The third kappa shape index (κ3) is 3.41. The first-order valence-corrected chi connectivity index (χ1v) is 5.54. The number of nitrogens with zero attached hydrogens (tertiary/aromatic N) is 1. The van der Waals surface area contributed by atoms with Crippen LogP contribution in [0.1, 0.15) is 5.69 Å². The lowest BCUT2D eigenvalue weighted by atomic mass is 10.4. The van der Waals surface area contributed by atoms with Crippen LogP contribution >= 0.6 is 45.2 Å². The molecular formula is C7H4F3I2NO. The van der Waals surface area contributed by atoms with Gasteiger partial charge in [-0.15, -0.1) is 13.2 Å². The van der Waals surface area contributed by atoms with Crippen LogP contribution in [-0.2, 0) is 0 Å². The largest absolute Gasteiger partial charge is 0.573 e. The zero-order chi connectivity index (χ0) is 10.9. The number of ether oxygens (including phenoxy) is 1. The Balaban J connectivity index is 3.09. The molecule has 1 rings (SSSR count). The van der Waals surface area contributed by atoms with Crippen LogP contribution in [0.3, 0.4) is 0 Å². The van der Waals surface area contributed by atoms with E-state index in [0.29, 0.717) is 13.0 Å². The zero-order valence-corrected chi connectivity index (χ0v) is 11.1. The van der Waals surface area contributed by atoms with Crippen LogP contribution in [0.4, 0.5) is 13.2 Å². The highest BCUT2D eigenvalue weighted by Crippen LogP contribution is 2.30. The van der Waals surface area contributed by atoms with Crippen molar-refractivity contribution in [1.29, 1.82) is 0 Å². The second kappa shape index (κ2) is 4.37. The minimum Gasteiger partial charge on any atom is -0.404 e. The topological polar surface area (TPSA) is 22.1 Å². The van der Waals surface area contributed by atoms with Crippen molar-refractivity contribution in [3.8, 4) is 5.75 Å². The molecule has 0 unspecified atom stereocenters. The Morgan fingerprint density at radius 2 is 1.93 bits per heavy atom. The van der Waals surface area contributed by atoms with Gasteiger partial charge in [0.05, 0.1) is 3.57 Å². The van der Waals surface area contributed by atoms with Crippen molar-refractivity contribution in [3.63, 3.8) is 0 Å². The van der Waals surface area contributed by atoms with Gasteiger partial charge in [0, 0.05) is 11.8 Å². The summed E-state index contributed by atoms with van der Waals surface area (Å²) in [5, 5.41) is 0. The molecule has 0 N–H and O–H groups in total. The molecule has 0 saturated heterocycles. The van der Waals surface area contributed by atoms with Crippen molar-refractivity contribution in [3.05, 3.63) is 19.0 Å². The molecular weight excluding hydrogens is 425 g/mol. The van der Waals surface area contributed by atoms with E-state index in [-0.39, 0.29) is 5.75 Å².